The summed E-state index contributed by atoms with van der Waals surface area (Å²) in [7, 11) is 0. The molecule has 1 aliphatic rings. The molecule has 0 aromatic heterocycles. The van der Waals surface area contributed by atoms with E-state index in [0.717, 1.165) is 18.4 Å². The monoisotopic (exact) mass is 303 g/mol. The normalized spacial score (nSPS) is 15.5. The molecule has 1 aliphatic carbocycles. The molecule has 0 bridgehead atoms. The van der Waals surface area contributed by atoms with Crippen LogP contribution in [0.2, 0.25) is 5.02 Å². The van der Waals surface area contributed by atoms with Crippen LogP contribution in [-0.2, 0) is 5.41 Å². The van der Waals surface area contributed by atoms with Gasteiger partial charge in [-0.3, -0.25) is 4.79 Å². The Bertz CT molecular complexity index is 665. The summed E-state index contributed by atoms with van der Waals surface area (Å²) in [5.41, 5.74) is 1.63. The van der Waals surface area contributed by atoms with E-state index in [1.54, 1.807) is 0 Å². The van der Waals surface area contributed by atoms with Crippen LogP contribution in [0.3, 0.4) is 0 Å². The Hall–Kier alpha value is -1.87. The summed E-state index contributed by atoms with van der Waals surface area (Å²) in [6, 6.07) is 13.3. The molecule has 21 heavy (non-hydrogen) atoms. The first-order chi connectivity index (χ1) is 10.1. The van der Waals surface area contributed by atoms with E-state index in [9.17, 15) is 9.18 Å². The molecule has 1 N–H and O–H groups in total. The van der Waals surface area contributed by atoms with E-state index in [1.165, 1.54) is 24.3 Å². The third-order valence-electron chi connectivity index (χ3n) is 3.98. The summed E-state index contributed by atoms with van der Waals surface area (Å²) in [6.45, 7) is 0.573. The van der Waals surface area contributed by atoms with Crippen LogP contribution in [0.5, 0.6) is 0 Å². The highest BCUT2D eigenvalue weighted by molar-refractivity contribution is 6.30. The highest BCUT2D eigenvalue weighted by atomic mass is 35.5. The molecule has 2 aromatic carbocycles. The van der Waals surface area contributed by atoms with Gasteiger partial charge in [0, 0.05) is 22.5 Å². The van der Waals surface area contributed by atoms with Crippen molar-refractivity contribution in [2.75, 3.05) is 6.54 Å². The first-order valence-corrected chi connectivity index (χ1v) is 7.27. The Kier molecular flexibility index (Phi) is 3.68. The van der Waals surface area contributed by atoms with Gasteiger partial charge >= 0.3 is 0 Å². The fourth-order valence-electron chi connectivity index (χ4n) is 2.49. The van der Waals surface area contributed by atoms with Gasteiger partial charge in [0.2, 0.25) is 0 Å². The standard InChI is InChI=1S/C17H15ClFNO/c18-14-3-1-2-13(10-14)17(8-9-17)11-20-16(21)12-4-6-15(19)7-5-12/h1-7,10H,8-9,11H2,(H,20,21). The average molecular weight is 304 g/mol. The predicted octanol–water partition coefficient (Wildman–Crippen LogP) is 3.94. The molecule has 2 nitrogen and oxygen atoms in total. The van der Waals surface area contributed by atoms with Crippen LogP contribution in [-0.4, -0.2) is 12.5 Å². The van der Waals surface area contributed by atoms with Crippen molar-refractivity contribution < 1.29 is 9.18 Å². The van der Waals surface area contributed by atoms with Gasteiger partial charge in [-0.2, -0.15) is 0 Å². The lowest BCUT2D eigenvalue weighted by molar-refractivity contribution is 0.0949. The second-order valence-corrected chi connectivity index (χ2v) is 5.92. The van der Waals surface area contributed by atoms with E-state index in [2.05, 4.69) is 5.32 Å². The average Bonchev–Trinajstić information content (AvgIpc) is 3.27. The van der Waals surface area contributed by atoms with E-state index in [-0.39, 0.29) is 17.1 Å². The van der Waals surface area contributed by atoms with E-state index in [0.29, 0.717) is 17.1 Å². The zero-order chi connectivity index (χ0) is 14.9. The minimum Gasteiger partial charge on any atom is -0.351 e. The second kappa shape index (κ2) is 5.49. The molecule has 2 aromatic rings. The number of hydrogen-bond acceptors (Lipinski definition) is 1. The van der Waals surface area contributed by atoms with Crippen molar-refractivity contribution in [2.45, 2.75) is 18.3 Å². The van der Waals surface area contributed by atoms with Crippen LogP contribution < -0.4 is 5.32 Å². The lowest BCUT2D eigenvalue weighted by atomic mass is 9.96. The van der Waals surface area contributed by atoms with Crippen LogP contribution in [0, 0.1) is 5.82 Å². The summed E-state index contributed by atoms with van der Waals surface area (Å²) in [6.07, 6.45) is 2.08. The number of rotatable bonds is 4. The van der Waals surface area contributed by atoms with Gasteiger partial charge in [-0.05, 0) is 54.8 Å². The molecule has 4 heteroatoms. The number of halogens is 2. The quantitative estimate of drug-likeness (QED) is 0.910. The molecule has 0 atom stereocenters. The third-order valence-corrected chi connectivity index (χ3v) is 4.22. The second-order valence-electron chi connectivity index (χ2n) is 5.48. The molecule has 1 fully saturated rings. The van der Waals surface area contributed by atoms with Crippen molar-refractivity contribution in [1.29, 1.82) is 0 Å². The molecule has 1 amide bonds. The SMILES string of the molecule is O=C(NCC1(c2cccc(Cl)c2)CC1)c1ccc(F)cc1. The molecule has 1 saturated carbocycles. The van der Waals surface area contributed by atoms with Gasteiger partial charge in [0.15, 0.2) is 0 Å². The molecule has 0 aliphatic heterocycles. The number of carbonyl (C=O) groups excluding carboxylic acids is 1. The fourth-order valence-corrected chi connectivity index (χ4v) is 2.68. The van der Waals surface area contributed by atoms with Gasteiger partial charge in [-0.25, -0.2) is 4.39 Å². The molecule has 0 spiro atoms. The summed E-state index contributed by atoms with van der Waals surface area (Å²) in [5, 5.41) is 3.65. The summed E-state index contributed by atoms with van der Waals surface area (Å²) < 4.78 is 12.9. The van der Waals surface area contributed by atoms with Crippen LogP contribution in [0.1, 0.15) is 28.8 Å². The van der Waals surface area contributed by atoms with Crippen molar-refractivity contribution in [3.8, 4) is 0 Å². The summed E-state index contributed by atoms with van der Waals surface area (Å²) >= 11 is 6.03. The van der Waals surface area contributed by atoms with Gasteiger partial charge in [-0.15, -0.1) is 0 Å². The Labute approximate surface area is 127 Å². The molecular formula is C17H15ClFNO. The van der Waals surface area contributed by atoms with Gasteiger partial charge in [-0.1, -0.05) is 23.7 Å². The first kappa shape index (κ1) is 14.1. The zero-order valence-corrected chi connectivity index (χ0v) is 12.2. The molecule has 0 saturated heterocycles. The maximum Gasteiger partial charge on any atom is 0.251 e. The largest absolute Gasteiger partial charge is 0.351 e. The predicted molar refractivity (Wildman–Crippen MR) is 81.1 cm³/mol. The molecule has 3 rings (SSSR count). The van der Waals surface area contributed by atoms with Crippen molar-refractivity contribution in [3.63, 3.8) is 0 Å². The van der Waals surface area contributed by atoms with Crippen molar-refractivity contribution in [2.24, 2.45) is 0 Å². The fraction of sp³-hybridized carbons (Fsp3) is 0.235. The molecular weight excluding hydrogens is 289 g/mol. The Morgan fingerprint density at radius 3 is 2.52 bits per heavy atom. The highest BCUT2D eigenvalue weighted by Gasteiger charge is 2.44. The van der Waals surface area contributed by atoms with Crippen molar-refractivity contribution in [1.82, 2.24) is 5.32 Å². The summed E-state index contributed by atoms with van der Waals surface area (Å²) in [5.74, 6) is -0.521. The minimum atomic E-state index is -0.343. The van der Waals surface area contributed by atoms with Crippen LogP contribution >= 0.6 is 11.6 Å². The highest BCUT2D eigenvalue weighted by Crippen LogP contribution is 2.48. The molecule has 108 valence electrons. The van der Waals surface area contributed by atoms with E-state index >= 15 is 0 Å². The van der Waals surface area contributed by atoms with Crippen LogP contribution in [0.4, 0.5) is 4.39 Å². The number of hydrogen-bond donors (Lipinski definition) is 1. The van der Waals surface area contributed by atoms with Crippen LogP contribution in [0.25, 0.3) is 0 Å². The Morgan fingerprint density at radius 1 is 1.19 bits per heavy atom. The zero-order valence-electron chi connectivity index (χ0n) is 11.4. The van der Waals surface area contributed by atoms with Gasteiger partial charge in [0.25, 0.3) is 5.91 Å². The Balaban J connectivity index is 1.67. The van der Waals surface area contributed by atoms with Crippen molar-refractivity contribution >= 4 is 17.5 Å². The van der Waals surface area contributed by atoms with E-state index in [4.69, 9.17) is 11.6 Å². The number of carbonyl (C=O) groups is 1. The van der Waals surface area contributed by atoms with Crippen LogP contribution in [0.15, 0.2) is 48.5 Å². The lowest BCUT2D eigenvalue weighted by Gasteiger charge is -2.17. The van der Waals surface area contributed by atoms with Gasteiger partial charge in [0.1, 0.15) is 5.82 Å². The maximum absolute atomic E-state index is 12.9. The smallest absolute Gasteiger partial charge is 0.251 e. The maximum atomic E-state index is 12.9. The Morgan fingerprint density at radius 2 is 1.90 bits per heavy atom. The van der Waals surface area contributed by atoms with Gasteiger partial charge < -0.3 is 5.32 Å². The first-order valence-electron chi connectivity index (χ1n) is 6.89. The number of amides is 1. The number of nitrogens with one attached hydrogen (secondary N) is 1. The number of benzene rings is 2. The molecule has 0 radical (unpaired) electrons. The molecule has 0 heterocycles. The topological polar surface area (TPSA) is 29.1 Å². The van der Waals surface area contributed by atoms with Gasteiger partial charge in [0.05, 0.1) is 0 Å². The van der Waals surface area contributed by atoms with Crippen molar-refractivity contribution in [3.05, 3.63) is 70.5 Å². The minimum absolute atomic E-state index is 0.000586. The van der Waals surface area contributed by atoms with E-state index in [1.807, 2.05) is 24.3 Å². The third kappa shape index (κ3) is 3.08. The molecule has 0 unspecified atom stereocenters. The van der Waals surface area contributed by atoms with E-state index < -0.39 is 0 Å². The lowest BCUT2D eigenvalue weighted by Crippen LogP contribution is -2.32. The summed E-state index contributed by atoms with van der Waals surface area (Å²) in [4.78, 5) is 12.1.